The zero-order chi connectivity index (χ0) is 45.0. The summed E-state index contributed by atoms with van der Waals surface area (Å²) in [5.74, 6) is 2.68. The first-order chi connectivity index (χ1) is 33.7. The van der Waals surface area contributed by atoms with Crippen LogP contribution in [0.15, 0.2) is 243 Å². The third kappa shape index (κ3) is 6.82. The fourth-order valence-electron chi connectivity index (χ4n) is 9.74. The van der Waals surface area contributed by atoms with Crippen LogP contribution in [-0.2, 0) is 0 Å². The van der Waals surface area contributed by atoms with E-state index in [9.17, 15) is 0 Å². The summed E-state index contributed by atoms with van der Waals surface area (Å²) < 4.78 is 4.69. The second-order valence-electron chi connectivity index (χ2n) is 17.1. The molecule has 13 rings (SSSR count). The Morgan fingerprint density at radius 1 is 0.235 bits per heavy atom. The third-order valence-electron chi connectivity index (χ3n) is 13.0. The van der Waals surface area contributed by atoms with E-state index < -0.39 is 0 Å². The summed E-state index contributed by atoms with van der Waals surface area (Å²) in [5, 5.41) is 4.64. The number of hydrogen-bond donors (Lipinski definition) is 0. The smallest absolute Gasteiger partial charge is 0.164 e. The lowest BCUT2D eigenvalue weighted by Crippen LogP contribution is -2.01. The minimum absolute atomic E-state index is 0.603. The summed E-state index contributed by atoms with van der Waals surface area (Å²) >= 11 is 0. The standard InChI is InChI=1S/C62H40N6/c1-5-18-41(19-6-1)48-39-54(42-20-7-2-8-21-42)63-59(40-48)68-57-34-32-46(45-26-17-27-49(36-45)67-55-30-15-13-28-50(55)51-29-14-16-31-56(51)67)37-52(57)53-38-47(33-35-58(53)68)62-65-60(43-22-9-3-10-23-43)64-61(66-62)44-24-11-4-12-25-44/h1-40H. The normalized spacial score (nSPS) is 11.5. The second kappa shape index (κ2) is 16.3. The van der Waals surface area contributed by atoms with Crippen LogP contribution >= 0.6 is 0 Å². The van der Waals surface area contributed by atoms with Crippen molar-refractivity contribution < 1.29 is 0 Å². The molecule has 0 fully saturated rings. The average molecular weight is 869 g/mol. The van der Waals surface area contributed by atoms with Crippen molar-refractivity contribution in [1.82, 2.24) is 29.1 Å². The van der Waals surface area contributed by atoms with Gasteiger partial charge in [0.05, 0.1) is 27.8 Å². The molecule has 6 heteroatoms. The van der Waals surface area contributed by atoms with Crippen LogP contribution in [0.2, 0.25) is 0 Å². The number of para-hydroxylation sites is 2. The first-order valence-corrected chi connectivity index (χ1v) is 22.9. The molecule has 0 aliphatic heterocycles. The predicted molar refractivity (Wildman–Crippen MR) is 279 cm³/mol. The molecule has 0 unspecified atom stereocenters. The molecule has 0 spiro atoms. The summed E-state index contributed by atoms with van der Waals surface area (Å²) in [5.41, 5.74) is 14.7. The summed E-state index contributed by atoms with van der Waals surface area (Å²) in [7, 11) is 0. The van der Waals surface area contributed by atoms with Crippen LogP contribution in [0.4, 0.5) is 0 Å². The molecule has 0 saturated carbocycles. The first kappa shape index (κ1) is 39.1. The van der Waals surface area contributed by atoms with E-state index >= 15 is 0 Å². The van der Waals surface area contributed by atoms with Gasteiger partial charge in [0.15, 0.2) is 17.5 Å². The molecule has 0 saturated heterocycles. The fourth-order valence-corrected chi connectivity index (χ4v) is 9.74. The number of fused-ring (bicyclic) bond motifs is 6. The zero-order valence-corrected chi connectivity index (χ0v) is 36.8. The molecule has 318 valence electrons. The fraction of sp³-hybridized carbons (Fsp3) is 0. The van der Waals surface area contributed by atoms with Gasteiger partial charge in [-0.3, -0.25) is 4.57 Å². The first-order valence-electron chi connectivity index (χ1n) is 22.9. The van der Waals surface area contributed by atoms with E-state index in [-0.39, 0.29) is 0 Å². The number of hydrogen-bond acceptors (Lipinski definition) is 4. The average Bonchev–Trinajstić information content (AvgIpc) is 3.94. The maximum atomic E-state index is 5.44. The van der Waals surface area contributed by atoms with Crippen LogP contribution in [0.25, 0.3) is 123 Å². The van der Waals surface area contributed by atoms with Crippen molar-refractivity contribution >= 4 is 43.6 Å². The lowest BCUT2D eigenvalue weighted by Gasteiger charge is -2.13. The predicted octanol–water partition coefficient (Wildman–Crippen LogP) is 15.5. The largest absolute Gasteiger partial charge is 0.309 e. The van der Waals surface area contributed by atoms with Crippen molar-refractivity contribution in [3.8, 4) is 79.2 Å². The lowest BCUT2D eigenvalue weighted by molar-refractivity contribution is 1.07. The van der Waals surface area contributed by atoms with E-state index in [4.69, 9.17) is 19.9 Å². The highest BCUT2D eigenvalue weighted by atomic mass is 15.1. The Kier molecular flexibility index (Phi) is 9.39. The quantitative estimate of drug-likeness (QED) is 0.153. The van der Waals surface area contributed by atoms with Gasteiger partial charge in [-0.05, 0) is 89.0 Å². The minimum Gasteiger partial charge on any atom is -0.309 e. The van der Waals surface area contributed by atoms with Gasteiger partial charge in [0.2, 0.25) is 0 Å². The summed E-state index contributed by atoms with van der Waals surface area (Å²) in [4.78, 5) is 20.7. The van der Waals surface area contributed by atoms with E-state index in [1.165, 1.54) is 21.8 Å². The molecule has 4 aromatic heterocycles. The number of nitrogens with zero attached hydrogens (tertiary/aromatic N) is 6. The summed E-state index contributed by atoms with van der Waals surface area (Å²) in [6, 6.07) is 85.3. The highest BCUT2D eigenvalue weighted by molar-refractivity contribution is 6.12. The molecule has 0 amide bonds. The zero-order valence-electron chi connectivity index (χ0n) is 36.8. The van der Waals surface area contributed by atoms with Crippen LogP contribution in [0, 0.1) is 0 Å². The number of rotatable bonds is 8. The molecule has 0 N–H and O–H groups in total. The summed E-state index contributed by atoms with van der Waals surface area (Å²) in [6.07, 6.45) is 0. The van der Waals surface area contributed by atoms with Crippen molar-refractivity contribution in [3.05, 3.63) is 243 Å². The molecular weight excluding hydrogens is 829 g/mol. The molecule has 13 aromatic rings. The Morgan fingerprint density at radius 3 is 1.26 bits per heavy atom. The third-order valence-corrected chi connectivity index (χ3v) is 13.0. The van der Waals surface area contributed by atoms with Gasteiger partial charge in [-0.2, -0.15) is 0 Å². The highest BCUT2D eigenvalue weighted by Crippen LogP contribution is 2.40. The second-order valence-corrected chi connectivity index (χ2v) is 17.1. The van der Waals surface area contributed by atoms with E-state index in [1.807, 2.05) is 66.7 Å². The van der Waals surface area contributed by atoms with Crippen molar-refractivity contribution in [2.45, 2.75) is 0 Å². The van der Waals surface area contributed by atoms with Crippen LogP contribution < -0.4 is 0 Å². The number of aromatic nitrogens is 6. The SMILES string of the molecule is c1ccc(-c2cc(-c3ccccc3)nc(-n3c4ccc(-c5cccc(-n6c7ccccc7c7ccccc76)c5)cc4c4cc(-c5nc(-c6ccccc6)nc(-c6ccccc6)n5)ccc43)c2)cc1. The molecule has 0 aliphatic rings. The van der Waals surface area contributed by atoms with Gasteiger partial charge in [0, 0.05) is 49.5 Å². The molecule has 0 radical (unpaired) electrons. The molecule has 0 atom stereocenters. The highest BCUT2D eigenvalue weighted by Gasteiger charge is 2.20. The Hall–Kier alpha value is -9.26. The molecule has 9 aromatic carbocycles. The maximum absolute atomic E-state index is 5.44. The van der Waals surface area contributed by atoms with Gasteiger partial charge in [-0.1, -0.05) is 176 Å². The Labute approximate surface area is 392 Å². The molecular formula is C62H40N6. The van der Waals surface area contributed by atoms with Crippen LogP contribution in [0.3, 0.4) is 0 Å². The number of pyridine rings is 1. The maximum Gasteiger partial charge on any atom is 0.164 e. The molecule has 0 bridgehead atoms. The molecule has 4 heterocycles. The Balaban J connectivity index is 1.04. The lowest BCUT2D eigenvalue weighted by atomic mass is 10.0. The van der Waals surface area contributed by atoms with Crippen molar-refractivity contribution in [2.75, 3.05) is 0 Å². The molecule has 68 heavy (non-hydrogen) atoms. The van der Waals surface area contributed by atoms with Crippen LogP contribution in [0.5, 0.6) is 0 Å². The van der Waals surface area contributed by atoms with E-state index in [2.05, 4.69) is 185 Å². The van der Waals surface area contributed by atoms with E-state index in [0.29, 0.717) is 17.5 Å². The van der Waals surface area contributed by atoms with Gasteiger partial charge in [0.1, 0.15) is 5.82 Å². The topological polar surface area (TPSA) is 61.4 Å². The molecule has 0 aliphatic carbocycles. The van der Waals surface area contributed by atoms with Gasteiger partial charge in [-0.25, -0.2) is 19.9 Å². The van der Waals surface area contributed by atoms with Crippen molar-refractivity contribution in [1.29, 1.82) is 0 Å². The minimum atomic E-state index is 0.603. The number of benzene rings is 9. The van der Waals surface area contributed by atoms with Gasteiger partial charge >= 0.3 is 0 Å². The van der Waals surface area contributed by atoms with E-state index in [0.717, 1.165) is 83.5 Å². The Bertz CT molecular complexity index is 3840. The van der Waals surface area contributed by atoms with Gasteiger partial charge in [0.25, 0.3) is 0 Å². The summed E-state index contributed by atoms with van der Waals surface area (Å²) in [6.45, 7) is 0. The molecule has 6 nitrogen and oxygen atoms in total. The Morgan fingerprint density at radius 2 is 0.676 bits per heavy atom. The van der Waals surface area contributed by atoms with Crippen LogP contribution in [0.1, 0.15) is 0 Å². The van der Waals surface area contributed by atoms with Crippen molar-refractivity contribution in [3.63, 3.8) is 0 Å². The van der Waals surface area contributed by atoms with Crippen LogP contribution in [-0.4, -0.2) is 29.1 Å². The van der Waals surface area contributed by atoms with Gasteiger partial charge < -0.3 is 4.57 Å². The monoisotopic (exact) mass is 868 g/mol. The van der Waals surface area contributed by atoms with Crippen molar-refractivity contribution in [2.24, 2.45) is 0 Å². The van der Waals surface area contributed by atoms with E-state index in [1.54, 1.807) is 0 Å². The van der Waals surface area contributed by atoms with Gasteiger partial charge in [-0.15, -0.1) is 0 Å².